The van der Waals surface area contributed by atoms with Crippen molar-refractivity contribution >= 4 is 0 Å². The average molecular weight is 197 g/mol. The Labute approximate surface area is 90.0 Å². The van der Waals surface area contributed by atoms with Crippen LogP contribution >= 0.6 is 0 Å². The molecule has 0 saturated heterocycles. The fraction of sp³-hybridized carbons (Fsp3) is 0.846. The van der Waals surface area contributed by atoms with E-state index in [0.717, 1.165) is 19.0 Å². The van der Waals surface area contributed by atoms with Crippen molar-refractivity contribution in [3.05, 3.63) is 11.6 Å². The number of hydrogen-bond donors (Lipinski definition) is 1. The van der Waals surface area contributed by atoms with Gasteiger partial charge in [0.2, 0.25) is 0 Å². The monoisotopic (exact) mass is 197 g/mol. The van der Waals surface area contributed by atoms with Gasteiger partial charge in [0.15, 0.2) is 0 Å². The van der Waals surface area contributed by atoms with E-state index in [1.54, 1.807) is 5.57 Å². The van der Waals surface area contributed by atoms with Crippen LogP contribution in [0.3, 0.4) is 0 Å². The van der Waals surface area contributed by atoms with Crippen LogP contribution < -0.4 is 5.32 Å². The first-order valence-corrected chi connectivity index (χ1v) is 6.06. The Morgan fingerprint density at radius 2 is 1.71 bits per heavy atom. The van der Waals surface area contributed by atoms with Gasteiger partial charge in [-0.1, -0.05) is 46.3 Å². The lowest BCUT2D eigenvalue weighted by molar-refractivity contribution is 0.581. The molecular weight excluding hydrogens is 170 g/mol. The maximum atomic E-state index is 3.41. The minimum absolute atomic E-state index is 0.676. The molecule has 0 rings (SSSR count). The highest BCUT2D eigenvalue weighted by molar-refractivity contribution is 5.08. The van der Waals surface area contributed by atoms with Gasteiger partial charge in [-0.15, -0.1) is 0 Å². The molecule has 14 heavy (non-hydrogen) atoms. The average Bonchev–Trinajstić information content (AvgIpc) is 2.18. The number of nitrogens with one attached hydrogen (secondary N) is 1. The van der Waals surface area contributed by atoms with Crippen LogP contribution in [0.1, 0.15) is 47.5 Å². The summed E-state index contributed by atoms with van der Waals surface area (Å²) in [6.45, 7) is 13.4. The van der Waals surface area contributed by atoms with Crippen molar-refractivity contribution in [1.29, 1.82) is 0 Å². The molecule has 1 nitrogen and oxygen atoms in total. The molecule has 0 bridgehead atoms. The summed E-state index contributed by atoms with van der Waals surface area (Å²) in [6, 6.07) is 0. The molecular formula is C13H27N. The van der Waals surface area contributed by atoms with E-state index in [0.29, 0.717) is 5.92 Å². The van der Waals surface area contributed by atoms with Gasteiger partial charge in [0.25, 0.3) is 0 Å². The van der Waals surface area contributed by atoms with Gasteiger partial charge in [-0.3, -0.25) is 0 Å². The fourth-order valence-electron chi connectivity index (χ4n) is 1.55. The zero-order valence-electron chi connectivity index (χ0n) is 10.6. The van der Waals surface area contributed by atoms with E-state index in [-0.39, 0.29) is 0 Å². The van der Waals surface area contributed by atoms with Crippen LogP contribution in [0.15, 0.2) is 11.6 Å². The van der Waals surface area contributed by atoms with Crippen molar-refractivity contribution in [3.63, 3.8) is 0 Å². The molecule has 0 aromatic heterocycles. The zero-order chi connectivity index (χ0) is 11.0. The van der Waals surface area contributed by atoms with Crippen LogP contribution in [-0.2, 0) is 0 Å². The molecule has 0 radical (unpaired) electrons. The molecule has 0 amide bonds. The van der Waals surface area contributed by atoms with Crippen LogP contribution in [0.5, 0.6) is 0 Å². The van der Waals surface area contributed by atoms with Gasteiger partial charge < -0.3 is 5.32 Å². The molecule has 0 aromatic rings. The Hall–Kier alpha value is -0.300. The second-order valence-electron chi connectivity index (χ2n) is 4.25. The molecule has 0 heterocycles. The lowest BCUT2D eigenvalue weighted by atomic mass is 9.94. The molecule has 0 fully saturated rings. The van der Waals surface area contributed by atoms with Gasteiger partial charge in [-0.25, -0.2) is 0 Å². The first kappa shape index (κ1) is 13.7. The second kappa shape index (κ2) is 8.05. The van der Waals surface area contributed by atoms with E-state index >= 15 is 0 Å². The van der Waals surface area contributed by atoms with E-state index in [1.165, 1.54) is 12.8 Å². The highest BCUT2D eigenvalue weighted by Gasteiger charge is 2.06. The summed E-state index contributed by atoms with van der Waals surface area (Å²) < 4.78 is 0. The van der Waals surface area contributed by atoms with Gasteiger partial charge in [-0.05, 0) is 31.2 Å². The van der Waals surface area contributed by atoms with Crippen molar-refractivity contribution in [2.45, 2.75) is 47.5 Å². The summed E-state index contributed by atoms with van der Waals surface area (Å²) >= 11 is 0. The maximum absolute atomic E-state index is 3.41. The predicted molar refractivity (Wildman–Crippen MR) is 65.5 cm³/mol. The third-order valence-corrected chi connectivity index (χ3v) is 2.82. The van der Waals surface area contributed by atoms with E-state index < -0.39 is 0 Å². The third-order valence-electron chi connectivity index (χ3n) is 2.82. The first-order valence-electron chi connectivity index (χ1n) is 6.06. The Kier molecular flexibility index (Phi) is 7.87. The lowest BCUT2D eigenvalue weighted by Crippen LogP contribution is -2.19. The smallest absolute Gasteiger partial charge is 0.0167 e. The standard InChI is InChI=1S/C13H27N/c1-6-12(7-2)9-13(11(4)5)10-14-8-3/h9,11-12,14H,6-8,10H2,1-5H3. The minimum Gasteiger partial charge on any atom is -0.313 e. The number of allylic oxidation sites excluding steroid dienone is 1. The van der Waals surface area contributed by atoms with E-state index in [4.69, 9.17) is 0 Å². The first-order chi connectivity index (χ1) is 6.65. The van der Waals surface area contributed by atoms with Gasteiger partial charge in [0.1, 0.15) is 0 Å². The highest BCUT2D eigenvalue weighted by atomic mass is 14.8. The maximum Gasteiger partial charge on any atom is 0.0167 e. The SMILES string of the molecule is CCNCC(=CC(CC)CC)C(C)C. The quantitative estimate of drug-likeness (QED) is 0.615. The minimum atomic E-state index is 0.676. The van der Waals surface area contributed by atoms with Crippen LogP contribution in [0, 0.1) is 11.8 Å². The van der Waals surface area contributed by atoms with Crippen molar-refractivity contribution in [1.82, 2.24) is 5.32 Å². The molecule has 0 saturated carbocycles. The molecule has 0 aliphatic rings. The summed E-state index contributed by atoms with van der Waals surface area (Å²) in [7, 11) is 0. The van der Waals surface area contributed by atoms with Crippen LogP contribution in [0.4, 0.5) is 0 Å². The molecule has 1 heteroatoms. The van der Waals surface area contributed by atoms with Crippen molar-refractivity contribution in [3.8, 4) is 0 Å². The summed E-state index contributed by atoms with van der Waals surface area (Å²) in [4.78, 5) is 0. The van der Waals surface area contributed by atoms with Gasteiger partial charge in [0.05, 0.1) is 0 Å². The topological polar surface area (TPSA) is 12.0 Å². The van der Waals surface area contributed by atoms with Crippen LogP contribution in [0.2, 0.25) is 0 Å². The molecule has 1 N–H and O–H groups in total. The molecule has 0 aliphatic heterocycles. The van der Waals surface area contributed by atoms with E-state index in [1.807, 2.05) is 0 Å². The Morgan fingerprint density at radius 3 is 2.07 bits per heavy atom. The van der Waals surface area contributed by atoms with Crippen molar-refractivity contribution < 1.29 is 0 Å². The number of rotatable bonds is 7. The molecule has 0 spiro atoms. The van der Waals surface area contributed by atoms with E-state index in [9.17, 15) is 0 Å². The summed E-state index contributed by atoms with van der Waals surface area (Å²) in [5, 5.41) is 3.41. The molecule has 0 aromatic carbocycles. The summed E-state index contributed by atoms with van der Waals surface area (Å²) in [5.41, 5.74) is 1.57. The van der Waals surface area contributed by atoms with Crippen LogP contribution in [0.25, 0.3) is 0 Å². The Balaban J connectivity index is 4.29. The number of likely N-dealkylation sites (N-methyl/N-ethyl adjacent to an activating group) is 1. The van der Waals surface area contributed by atoms with Gasteiger partial charge in [-0.2, -0.15) is 0 Å². The largest absolute Gasteiger partial charge is 0.313 e. The molecule has 0 atom stereocenters. The molecule has 84 valence electrons. The van der Waals surface area contributed by atoms with Gasteiger partial charge in [0, 0.05) is 6.54 Å². The summed E-state index contributed by atoms with van der Waals surface area (Å²) in [5.74, 6) is 1.45. The third kappa shape index (κ3) is 5.43. The fourth-order valence-corrected chi connectivity index (χ4v) is 1.55. The Bertz CT molecular complexity index is 155. The van der Waals surface area contributed by atoms with Gasteiger partial charge >= 0.3 is 0 Å². The second-order valence-corrected chi connectivity index (χ2v) is 4.25. The van der Waals surface area contributed by atoms with E-state index in [2.05, 4.69) is 46.0 Å². The van der Waals surface area contributed by atoms with Crippen molar-refractivity contribution in [2.24, 2.45) is 11.8 Å². The summed E-state index contributed by atoms with van der Waals surface area (Å²) in [6.07, 6.45) is 5.00. The highest BCUT2D eigenvalue weighted by Crippen LogP contribution is 2.16. The molecule has 0 unspecified atom stereocenters. The zero-order valence-corrected chi connectivity index (χ0v) is 10.6. The lowest BCUT2D eigenvalue weighted by Gasteiger charge is -2.15. The Morgan fingerprint density at radius 1 is 1.14 bits per heavy atom. The predicted octanol–water partition coefficient (Wildman–Crippen LogP) is 3.61. The molecule has 0 aliphatic carbocycles. The van der Waals surface area contributed by atoms with Crippen LogP contribution in [-0.4, -0.2) is 13.1 Å². The normalized spacial score (nSPS) is 12.9. The van der Waals surface area contributed by atoms with Crippen molar-refractivity contribution in [2.75, 3.05) is 13.1 Å². The number of hydrogen-bond acceptors (Lipinski definition) is 1.